The van der Waals surface area contributed by atoms with E-state index >= 15 is 0 Å². The number of methoxy groups -OCH3 is 1. The van der Waals surface area contributed by atoms with Crippen LogP contribution in [0, 0.1) is 0 Å². The molecule has 3 aliphatic rings. The van der Waals surface area contributed by atoms with Gasteiger partial charge in [0.25, 0.3) is 0 Å². The van der Waals surface area contributed by atoms with E-state index in [1.165, 1.54) is 23.8 Å². The third-order valence-corrected chi connectivity index (χ3v) is 10.5. The fourth-order valence-corrected chi connectivity index (χ4v) is 8.66. The number of rotatable bonds is 5. The monoisotopic (exact) mass is 600 g/mol. The minimum atomic E-state index is -4.31. The van der Waals surface area contributed by atoms with Crippen molar-refractivity contribution in [1.82, 2.24) is 9.29 Å². The highest BCUT2D eigenvalue weighted by Gasteiger charge is 2.78. The van der Waals surface area contributed by atoms with Crippen LogP contribution in [0.5, 0.6) is 11.5 Å². The molecule has 1 aromatic heterocycles. The summed E-state index contributed by atoms with van der Waals surface area (Å²) >= 11 is 3.43. The van der Waals surface area contributed by atoms with E-state index in [0.717, 1.165) is 4.47 Å². The molecule has 2 bridgehead atoms. The van der Waals surface area contributed by atoms with Crippen LogP contribution in [0.15, 0.2) is 71.5 Å². The van der Waals surface area contributed by atoms with Gasteiger partial charge in [0.05, 0.1) is 44.2 Å². The summed E-state index contributed by atoms with van der Waals surface area (Å²) in [6.45, 7) is 0.646. The number of nitrogens with zero attached hydrogens (tertiary/aromatic N) is 2. The first-order valence-electron chi connectivity index (χ1n) is 12.1. The van der Waals surface area contributed by atoms with Crippen molar-refractivity contribution in [3.63, 3.8) is 0 Å². The molecule has 2 fully saturated rings. The molecule has 198 valence electrons. The summed E-state index contributed by atoms with van der Waals surface area (Å²) in [5.74, 6) is -1.71. The SMILES string of the molecule is COc1cncc2c1[C@@]1(O)C(=O)C(c3ccc(Br)cc3)(O2)[C@H](c2ccccc2)[C@@H]1S(=O)(=O)N1CCOCC1. The zero-order valence-electron chi connectivity index (χ0n) is 20.4. The zero-order chi connectivity index (χ0) is 26.7. The van der Waals surface area contributed by atoms with Crippen LogP contribution in [0.1, 0.15) is 22.6 Å². The molecule has 1 saturated carbocycles. The van der Waals surface area contributed by atoms with Gasteiger partial charge in [-0.2, -0.15) is 4.31 Å². The lowest BCUT2D eigenvalue weighted by atomic mass is 9.77. The number of morpholine rings is 1. The van der Waals surface area contributed by atoms with E-state index in [1.807, 2.05) is 6.07 Å². The predicted octanol–water partition coefficient (Wildman–Crippen LogP) is 2.73. The van der Waals surface area contributed by atoms with Gasteiger partial charge in [-0.15, -0.1) is 0 Å². The molecule has 3 aromatic rings. The Morgan fingerprint density at radius 1 is 1.08 bits per heavy atom. The number of Topliss-reactive ketones (excluding diaryl/α,β-unsaturated/α-hetero) is 1. The molecule has 3 heterocycles. The standard InChI is InChI=1S/C27H25BrN2O7S/c1-35-20-15-29-16-21-23(20)26(32)24(38(33,34)30-11-13-36-14-12-30)22(17-5-3-2-4-6-17)27(37-21,25(26)31)18-7-9-19(28)10-8-18/h2-10,15-16,22,24,32H,11-14H2,1H3/t22-,24+,26+,27?/m1/s1. The topological polar surface area (TPSA) is 115 Å². The first-order valence-corrected chi connectivity index (χ1v) is 14.4. The summed E-state index contributed by atoms with van der Waals surface area (Å²) in [6, 6.07) is 15.8. The summed E-state index contributed by atoms with van der Waals surface area (Å²) in [5.41, 5.74) is -3.42. The average Bonchev–Trinajstić information content (AvgIpc) is 3.07. The number of fused-ring (bicyclic) bond motifs is 4. The summed E-state index contributed by atoms with van der Waals surface area (Å²) in [4.78, 5) is 18.9. The number of benzene rings is 2. The van der Waals surface area contributed by atoms with Gasteiger partial charge in [0.2, 0.25) is 21.4 Å². The van der Waals surface area contributed by atoms with Crippen LogP contribution in [0.4, 0.5) is 0 Å². The highest BCUT2D eigenvalue weighted by atomic mass is 79.9. The van der Waals surface area contributed by atoms with Crippen molar-refractivity contribution in [1.29, 1.82) is 0 Å². The number of carbonyl (C=O) groups is 1. The predicted molar refractivity (Wildman–Crippen MR) is 140 cm³/mol. The molecule has 0 radical (unpaired) electrons. The van der Waals surface area contributed by atoms with Crippen LogP contribution in [-0.4, -0.2) is 67.3 Å². The molecule has 1 saturated heterocycles. The Hall–Kier alpha value is -2.83. The Morgan fingerprint density at radius 2 is 1.76 bits per heavy atom. The fourth-order valence-electron chi connectivity index (χ4n) is 6.06. The van der Waals surface area contributed by atoms with Gasteiger partial charge in [-0.1, -0.05) is 58.4 Å². The number of ketones is 1. The lowest BCUT2D eigenvalue weighted by Gasteiger charge is -2.39. The number of hydrogen-bond acceptors (Lipinski definition) is 8. The maximum absolute atomic E-state index is 14.7. The number of aliphatic hydroxyl groups is 1. The third kappa shape index (κ3) is 3.42. The van der Waals surface area contributed by atoms with Gasteiger partial charge >= 0.3 is 0 Å². The number of carbonyl (C=O) groups excluding carboxylic acids is 1. The highest BCUT2D eigenvalue weighted by molar-refractivity contribution is 9.10. The highest BCUT2D eigenvalue weighted by Crippen LogP contribution is 2.65. The van der Waals surface area contributed by atoms with Gasteiger partial charge in [0.1, 0.15) is 16.7 Å². The lowest BCUT2D eigenvalue weighted by molar-refractivity contribution is -0.151. The molecule has 9 nitrogen and oxygen atoms in total. The lowest BCUT2D eigenvalue weighted by Crippen LogP contribution is -2.55. The molecule has 6 rings (SSSR count). The van der Waals surface area contributed by atoms with Crippen LogP contribution in [-0.2, 0) is 30.8 Å². The quantitative estimate of drug-likeness (QED) is 0.475. The molecule has 1 unspecified atom stereocenters. The minimum absolute atomic E-state index is 0.0343. The number of sulfonamides is 1. The molecule has 2 aromatic carbocycles. The van der Waals surface area contributed by atoms with Crippen molar-refractivity contribution in [2.75, 3.05) is 33.4 Å². The normalized spacial score (nSPS) is 29.0. The smallest absolute Gasteiger partial charge is 0.221 e. The van der Waals surface area contributed by atoms with Crippen molar-refractivity contribution in [2.24, 2.45) is 0 Å². The molecule has 4 atom stereocenters. The first-order chi connectivity index (χ1) is 18.3. The third-order valence-electron chi connectivity index (χ3n) is 7.67. The summed E-state index contributed by atoms with van der Waals surface area (Å²) in [7, 11) is -2.94. The molecule has 11 heteroatoms. The van der Waals surface area contributed by atoms with E-state index in [-0.39, 0.29) is 43.4 Å². The van der Waals surface area contributed by atoms with Crippen LogP contribution >= 0.6 is 15.9 Å². The minimum Gasteiger partial charge on any atom is -0.495 e. The van der Waals surface area contributed by atoms with E-state index < -0.39 is 38.2 Å². The van der Waals surface area contributed by atoms with Gasteiger partial charge in [0, 0.05) is 23.1 Å². The van der Waals surface area contributed by atoms with Crippen LogP contribution in [0.2, 0.25) is 0 Å². The molecule has 38 heavy (non-hydrogen) atoms. The van der Waals surface area contributed by atoms with E-state index in [9.17, 15) is 18.3 Å². The summed E-state index contributed by atoms with van der Waals surface area (Å²) in [6.07, 6.45) is 2.73. The number of halogens is 1. The number of pyridine rings is 1. The molecule has 0 spiro atoms. The van der Waals surface area contributed by atoms with Crippen LogP contribution in [0.3, 0.4) is 0 Å². The Labute approximate surface area is 228 Å². The second-order valence-corrected chi connectivity index (χ2v) is 12.5. The average molecular weight is 601 g/mol. The Balaban J connectivity index is 1.72. The van der Waals surface area contributed by atoms with Gasteiger partial charge in [-0.25, -0.2) is 8.42 Å². The molecule has 2 aliphatic heterocycles. The molecular weight excluding hydrogens is 576 g/mol. The largest absolute Gasteiger partial charge is 0.495 e. The van der Waals surface area contributed by atoms with Crippen LogP contribution < -0.4 is 9.47 Å². The van der Waals surface area contributed by atoms with E-state index in [0.29, 0.717) is 11.1 Å². The van der Waals surface area contributed by atoms with Crippen molar-refractivity contribution in [2.45, 2.75) is 22.4 Å². The van der Waals surface area contributed by atoms with E-state index in [4.69, 9.17) is 14.2 Å². The molecule has 1 aliphatic carbocycles. The Bertz CT molecular complexity index is 1500. The Morgan fingerprint density at radius 3 is 2.42 bits per heavy atom. The number of hydrogen-bond donors (Lipinski definition) is 1. The number of ether oxygens (including phenoxy) is 3. The molecular formula is C27H25BrN2O7S. The summed E-state index contributed by atoms with van der Waals surface area (Å²) in [5, 5.41) is 11.0. The van der Waals surface area contributed by atoms with Gasteiger partial charge in [-0.3, -0.25) is 9.78 Å². The summed E-state index contributed by atoms with van der Waals surface area (Å²) < 4.78 is 48.6. The number of aromatic nitrogens is 1. The fraction of sp³-hybridized carbons (Fsp3) is 0.333. The van der Waals surface area contributed by atoms with E-state index in [1.54, 1.807) is 48.5 Å². The van der Waals surface area contributed by atoms with Gasteiger partial charge in [-0.05, 0) is 17.7 Å². The second-order valence-electron chi connectivity index (χ2n) is 9.52. The maximum atomic E-state index is 14.7. The molecule has 0 amide bonds. The second kappa shape index (κ2) is 9.13. The zero-order valence-corrected chi connectivity index (χ0v) is 22.8. The van der Waals surface area contributed by atoms with Crippen molar-refractivity contribution < 1.29 is 32.5 Å². The Kier molecular flexibility index (Phi) is 6.11. The van der Waals surface area contributed by atoms with E-state index in [2.05, 4.69) is 20.9 Å². The molecule has 1 N–H and O–H groups in total. The van der Waals surface area contributed by atoms with Crippen LogP contribution in [0.25, 0.3) is 0 Å². The van der Waals surface area contributed by atoms with Crippen molar-refractivity contribution >= 4 is 31.7 Å². The maximum Gasteiger partial charge on any atom is 0.221 e. The van der Waals surface area contributed by atoms with Crippen molar-refractivity contribution in [3.05, 3.63) is 88.2 Å². The van der Waals surface area contributed by atoms with Gasteiger partial charge in [0.15, 0.2) is 5.60 Å². The van der Waals surface area contributed by atoms with Crippen molar-refractivity contribution in [3.8, 4) is 11.5 Å². The first kappa shape index (κ1) is 25.4. The van der Waals surface area contributed by atoms with Gasteiger partial charge < -0.3 is 19.3 Å².